The van der Waals surface area contributed by atoms with Gasteiger partial charge < -0.3 is 9.84 Å². The summed E-state index contributed by atoms with van der Waals surface area (Å²) in [6.45, 7) is 2.10. The third-order valence-corrected chi connectivity index (χ3v) is 2.59. The highest BCUT2D eigenvalue weighted by Crippen LogP contribution is 2.28. The van der Waals surface area contributed by atoms with E-state index in [0.29, 0.717) is 18.9 Å². The number of carbonyl (C=O) groups excluding carboxylic acids is 1. The normalized spacial score (nSPS) is 20.2. The summed E-state index contributed by atoms with van der Waals surface area (Å²) in [7, 11) is 0. The Balaban J connectivity index is 2.22. The molecule has 1 unspecified atom stereocenters. The first-order chi connectivity index (χ1) is 6.24. The van der Waals surface area contributed by atoms with Crippen molar-refractivity contribution in [1.82, 2.24) is 0 Å². The summed E-state index contributed by atoms with van der Waals surface area (Å²) >= 11 is 0. The maximum absolute atomic E-state index is 11.1. The van der Waals surface area contributed by atoms with Gasteiger partial charge in [-0.05, 0) is 19.3 Å². The number of hydrogen-bond acceptors (Lipinski definition) is 3. The number of aliphatic hydroxyl groups excluding tert-OH is 1. The van der Waals surface area contributed by atoms with Gasteiger partial charge in [0.1, 0.15) is 0 Å². The number of hydrogen-bond donors (Lipinski definition) is 1. The van der Waals surface area contributed by atoms with Gasteiger partial charge in [-0.25, -0.2) is 4.79 Å². The molecule has 0 amide bonds. The Bertz CT molecular complexity index is 162. The van der Waals surface area contributed by atoms with Crippen LogP contribution in [0, 0.1) is 5.92 Å². The molecule has 1 atom stereocenters. The first kappa shape index (κ1) is 10.5. The monoisotopic (exact) mass is 186 g/mol. The minimum Gasteiger partial charge on any atom is -0.464 e. The molecular formula is C10H18O3. The van der Waals surface area contributed by atoms with E-state index in [9.17, 15) is 9.90 Å². The van der Waals surface area contributed by atoms with Crippen LogP contribution in [0.2, 0.25) is 0 Å². The molecule has 1 rings (SSSR count). The lowest BCUT2D eigenvalue weighted by atomic mass is 10.0. The van der Waals surface area contributed by atoms with Crippen LogP contribution >= 0.6 is 0 Å². The van der Waals surface area contributed by atoms with Gasteiger partial charge in [-0.2, -0.15) is 0 Å². The fraction of sp³-hybridized carbons (Fsp3) is 0.900. The van der Waals surface area contributed by atoms with E-state index in [-0.39, 0.29) is 0 Å². The molecule has 0 bridgehead atoms. The van der Waals surface area contributed by atoms with Crippen LogP contribution < -0.4 is 0 Å². The molecule has 1 aliphatic rings. The predicted molar refractivity (Wildman–Crippen MR) is 49.2 cm³/mol. The van der Waals surface area contributed by atoms with Gasteiger partial charge >= 0.3 is 5.97 Å². The number of esters is 1. The molecule has 0 aromatic heterocycles. The lowest BCUT2D eigenvalue weighted by Crippen LogP contribution is -2.25. The maximum Gasteiger partial charge on any atom is 0.334 e. The van der Waals surface area contributed by atoms with Crippen molar-refractivity contribution >= 4 is 5.97 Å². The Hall–Kier alpha value is -0.570. The quantitative estimate of drug-likeness (QED) is 0.677. The van der Waals surface area contributed by atoms with Crippen LogP contribution in [-0.2, 0) is 9.53 Å². The zero-order chi connectivity index (χ0) is 9.68. The van der Waals surface area contributed by atoms with Crippen LogP contribution in [-0.4, -0.2) is 23.8 Å². The Morgan fingerprint density at radius 3 is 2.69 bits per heavy atom. The summed E-state index contributed by atoms with van der Waals surface area (Å²) in [5.41, 5.74) is 0. The maximum atomic E-state index is 11.1. The molecule has 1 aliphatic carbocycles. The Kier molecular flexibility index (Phi) is 4.22. The number of ether oxygens (including phenoxy) is 1. The zero-order valence-electron chi connectivity index (χ0n) is 8.16. The van der Waals surface area contributed by atoms with Crippen molar-refractivity contribution in [2.24, 2.45) is 5.92 Å². The Morgan fingerprint density at radius 1 is 1.54 bits per heavy atom. The van der Waals surface area contributed by atoms with Crippen molar-refractivity contribution in [2.45, 2.75) is 45.1 Å². The molecule has 0 radical (unpaired) electrons. The molecule has 1 N–H and O–H groups in total. The van der Waals surface area contributed by atoms with Gasteiger partial charge in [-0.3, -0.25) is 0 Å². The van der Waals surface area contributed by atoms with E-state index in [0.717, 1.165) is 12.8 Å². The highest BCUT2D eigenvalue weighted by Gasteiger charge is 2.23. The van der Waals surface area contributed by atoms with Gasteiger partial charge in [-0.15, -0.1) is 0 Å². The van der Waals surface area contributed by atoms with E-state index < -0.39 is 12.1 Å². The fourth-order valence-corrected chi connectivity index (χ4v) is 1.90. The van der Waals surface area contributed by atoms with Crippen molar-refractivity contribution in [3.8, 4) is 0 Å². The topological polar surface area (TPSA) is 46.5 Å². The number of carbonyl (C=O) groups is 1. The summed E-state index contributed by atoms with van der Waals surface area (Å²) < 4.78 is 4.73. The van der Waals surface area contributed by atoms with E-state index in [1.807, 2.05) is 0 Å². The van der Waals surface area contributed by atoms with E-state index in [2.05, 4.69) is 0 Å². The van der Waals surface area contributed by atoms with E-state index in [4.69, 9.17) is 4.74 Å². The second-order valence-corrected chi connectivity index (χ2v) is 3.65. The zero-order valence-corrected chi connectivity index (χ0v) is 8.16. The molecular weight excluding hydrogens is 168 g/mol. The minimum atomic E-state index is -0.900. The molecule has 0 spiro atoms. The van der Waals surface area contributed by atoms with Gasteiger partial charge in [0.05, 0.1) is 6.61 Å². The third kappa shape index (κ3) is 3.35. The van der Waals surface area contributed by atoms with Crippen LogP contribution in [0.3, 0.4) is 0 Å². The first-order valence-electron chi connectivity index (χ1n) is 5.08. The summed E-state index contributed by atoms with van der Waals surface area (Å²) in [6, 6.07) is 0. The average molecular weight is 186 g/mol. The van der Waals surface area contributed by atoms with Crippen molar-refractivity contribution in [1.29, 1.82) is 0 Å². The summed E-state index contributed by atoms with van der Waals surface area (Å²) in [4.78, 5) is 11.1. The molecule has 3 nitrogen and oxygen atoms in total. The van der Waals surface area contributed by atoms with Crippen LogP contribution in [0.15, 0.2) is 0 Å². The van der Waals surface area contributed by atoms with Crippen LogP contribution in [0.25, 0.3) is 0 Å². The molecule has 1 fully saturated rings. The molecule has 3 heteroatoms. The summed E-state index contributed by atoms with van der Waals surface area (Å²) in [5.74, 6) is 0.0637. The van der Waals surface area contributed by atoms with E-state index in [1.165, 1.54) is 12.8 Å². The van der Waals surface area contributed by atoms with E-state index >= 15 is 0 Å². The fourth-order valence-electron chi connectivity index (χ4n) is 1.90. The van der Waals surface area contributed by atoms with Crippen molar-refractivity contribution < 1.29 is 14.6 Å². The van der Waals surface area contributed by atoms with Crippen molar-refractivity contribution in [3.63, 3.8) is 0 Å². The van der Waals surface area contributed by atoms with Crippen molar-refractivity contribution in [3.05, 3.63) is 0 Å². The highest BCUT2D eigenvalue weighted by molar-refractivity contribution is 5.74. The number of aliphatic hydroxyl groups is 1. The van der Waals surface area contributed by atoms with Gasteiger partial charge in [-0.1, -0.05) is 25.7 Å². The molecule has 76 valence electrons. The average Bonchev–Trinajstić information content (AvgIpc) is 2.57. The second-order valence-electron chi connectivity index (χ2n) is 3.65. The highest BCUT2D eigenvalue weighted by atomic mass is 16.5. The lowest BCUT2D eigenvalue weighted by molar-refractivity contribution is -0.153. The van der Waals surface area contributed by atoms with E-state index in [1.54, 1.807) is 6.92 Å². The molecule has 0 saturated heterocycles. The van der Waals surface area contributed by atoms with Gasteiger partial charge in [0.15, 0.2) is 6.10 Å². The predicted octanol–water partition coefficient (Wildman–Crippen LogP) is 1.49. The molecule has 0 aromatic rings. The third-order valence-electron chi connectivity index (χ3n) is 2.59. The van der Waals surface area contributed by atoms with Gasteiger partial charge in [0.25, 0.3) is 0 Å². The molecule has 0 aromatic carbocycles. The molecule has 1 saturated carbocycles. The smallest absolute Gasteiger partial charge is 0.334 e. The Morgan fingerprint density at radius 2 is 2.15 bits per heavy atom. The second kappa shape index (κ2) is 5.22. The summed E-state index contributed by atoms with van der Waals surface area (Å²) in [6.07, 6.45) is 4.45. The molecule has 0 heterocycles. The SMILES string of the molecule is CCOC(=O)C(O)CC1CCCC1. The minimum absolute atomic E-state index is 0.348. The largest absolute Gasteiger partial charge is 0.464 e. The standard InChI is InChI=1S/C10H18O3/c1-2-13-10(12)9(11)7-8-5-3-4-6-8/h8-9,11H,2-7H2,1H3. The van der Waals surface area contributed by atoms with Crippen molar-refractivity contribution in [2.75, 3.05) is 6.61 Å². The molecule has 13 heavy (non-hydrogen) atoms. The first-order valence-corrected chi connectivity index (χ1v) is 5.08. The van der Waals surface area contributed by atoms with Crippen LogP contribution in [0.1, 0.15) is 39.0 Å². The lowest BCUT2D eigenvalue weighted by Gasteiger charge is -2.13. The Labute approximate surface area is 79.1 Å². The van der Waals surface area contributed by atoms with Crippen LogP contribution in [0.4, 0.5) is 0 Å². The van der Waals surface area contributed by atoms with Gasteiger partial charge in [0, 0.05) is 0 Å². The number of rotatable bonds is 4. The summed E-state index contributed by atoms with van der Waals surface area (Å²) in [5, 5.41) is 9.43. The van der Waals surface area contributed by atoms with Gasteiger partial charge in [0.2, 0.25) is 0 Å². The molecule has 0 aliphatic heterocycles. The van der Waals surface area contributed by atoms with Crippen LogP contribution in [0.5, 0.6) is 0 Å².